The zero-order valence-electron chi connectivity index (χ0n) is 15.0. The van der Waals surface area contributed by atoms with Crippen molar-refractivity contribution < 1.29 is 8.42 Å². The van der Waals surface area contributed by atoms with Crippen molar-refractivity contribution in [2.75, 3.05) is 26.9 Å². The van der Waals surface area contributed by atoms with Gasteiger partial charge in [0.25, 0.3) is 0 Å². The van der Waals surface area contributed by atoms with Gasteiger partial charge in [-0.25, -0.2) is 13.4 Å². The fourth-order valence-corrected chi connectivity index (χ4v) is 2.99. The van der Waals surface area contributed by atoms with Crippen LogP contribution >= 0.6 is 0 Å². The summed E-state index contributed by atoms with van der Waals surface area (Å²) in [4.78, 5) is 10.8. The number of guanidine groups is 1. The number of aryl methyl sites for hydroxylation is 1. The first-order chi connectivity index (χ1) is 11.8. The van der Waals surface area contributed by atoms with Crippen LogP contribution in [0.25, 0.3) is 0 Å². The Morgan fingerprint density at radius 2 is 2.00 bits per heavy atom. The van der Waals surface area contributed by atoms with E-state index in [-0.39, 0.29) is 0 Å². The topological polar surface area (TPSA) is 92.5 Å². The minimum absolute atomic E-state index is 0.337. The molecule has 0 aliphatic heterocycles. The van der Waals surface area contributed by atoms with E-state index in [1.165, 1.54) is 12.6 Å². The summed E-state index contributed by atoms with van der Waals surface area (Å²) in [5.41, 5.74) is 1.06. The van der Waals surface area contributed by atoms with Crippen molar-refractivity contribution in [3.63, 3.8) is 0 Å². The molecule has 0 spiro atoms. The number of hydrogen-bond acceptors (Lipinski definition) is 5. The van der Waals surface area contributed by atoms with Gasteiger partial charge in [-0.3, -0.25) is 9.67 Å². The highest BCUT2D eigenvalue weighted by molar-refractivity contribution is 7.90. The van der Waals surface area contributed by atoms with Crippen molar-refractivity contribution >= 4 is 15.8 Å². The monoisotopic (exact) mass is 364 g/mol. The third-order valence-electron chi connectivity index (χ3n) is 3.81. The first kappa shape index (κ1) is 18.9. The summed E-state index contributed by atoms with van der Waals surface area (Å²) in [7, 11) is 2.37. The second-order valence-electron chi connectivity index (χ2n) is 5.80. The molecule has 8 nitrogen and oxygen atoms in total. The summed E-state index contributed by atoms with van der Waals surface area (Å²) in [6.07, 6.45) is 3.50. The quantitative estimate of drug-likeness (QED) is 0.592. The van der Waals surface area contributed by atoms with Gasteiger partial charge in [0.05, 0.1) is 11.4 Å². The van der Waals surface area contributed by atoms with E-state index in [2.05, 4.69) is 20.4 Å². The average molecular weight is 364 g/mol. The molecule has 1 aromatic heterocycles. The maximum atomic E-state index is 11.5. The molecule has 0 atom stereocenters. The van der Waals surface area contributed by atoms with E-state index in [1.807, 2.05) is 31.1 Å². The minimum Gasteiger partial charge on any atom is -0.356 e. The summed E-state index contributed by atoms with van der Waals surface area (Å²) in [6.45, 7) is 1.29. The number of aliphatic imine (C=N–C) groups is 1. The molecule has 0 aliphatic carbocycles. The summed E-state index contributed by atoms with van der Waals surface area (Å²) in [5, 5.41) is 7.35. The third-order valence-corrected chi connectivity index (χ3v) is 4.93. The molecule has 0 saturated carbocycles. The molecule has 1 heterocycles. The number of sulfone groups is 1. The van der Waals surface area contributed by atoms with Crippen LogP contribution in [-0.4, -0.2) is 60.9 Å². The van der Waals surface area contributed by atoms with Gasteiger partial charge in [-0.2, -0.15) is 5.10 Å². The van der Waals surface area contributed by atoms with E-state index in [0.717, 1.165) is 23.8 Å². The predicted molar refractivity (Wildman–Crippen MR) is 97.1 cm³/mol. The van der Waals surface area contributed by atoms with Gasteiger partial charge in [-0.05, 0) is 24.1 Å². The highest BCUT2D eigenvalue weighted by Gasteiger charge is 2.10. The number of hydrogen-bond donors (Lipinski definition) is 1. The van der Waals surface area contributed by atoms with Gasteiger partial charge >= 0.3 is 0 Å². The van der Waals surface area contributed by atoms with Gasteiger partial charge in [0.2, 0.25) is 0 Å². The zero-order valence-corrected chi connectivity index (χ0v) is 15.8. The normalized spacial score (nSPS) is 12.2. The van der Waals surface area contributed by atoms with Crippen molar-refractivity contribution in [3.05, 3.63) is 42.0 Å². The molecule has 0 bridgehead atoms. The molecule has 1 N–H and O–H groups in total. The van der Waals surface area contributed by atoms with Crippen molar-refractivity contribution in [1.29, 1.82) is 0 Å². The smallest absolute Gasteiger partial charge is 0.193 e. The second-order valence-corrected chi connectivity index (χ2v) is 7.81. The van der Waals surface area contributed by atoms with Crippen LogP contribution in [0.15, 0.2) is 40.5 Å². The molecule has 0 radical (unpaired) electrons. The largest absolute Gasteiger partial charge is 0.356 e. The Morgan fingerprint density at radius 1 is 1.32 bits per heavy atom. The number of aromatic nitrogens is 3. The molecule has 25 heavy (non-hydrogen) atoms. The van der Waals surface area contributed by atoms with Crippen LogP contribution in [0.2, 0.25) is 0 Å². The average Bonchev–Trinajstić information content (AvgIpc) is 2.96. The lowest BCUT2D eigenvalue weighted by atomic mass is 10.1. The predicted octanol–water partition coefficient (Wildman–Crippen LogP) is 0.468. The van der Waals surface area contributed by atoms with Crippen LogP contribution in [0.5, 0.6) is 0 Å². The Balaban J connectivity index is 1.87. The molecule has 9 heteroatoms. The zero-order chi connectivity index (χ0) is 18.4. The van der Waals surface area contributed by atoms with Crippen LogP contribution in [-0.2, 0) is 29.9 Å². The van der Waals surface area contributed by atoms with Gasteiger partial charge in [0.15, 0.2) is 15.8 Å². The molecule has 2 aromatic rings. The SMILES string of the molecule is CN=C(NCCc1ccc(S(C)(=O)=O)cc1)N(C)Cc1ncnn1C. The van der Waals surface area contributed by atoms with Crippen molar-refractivity contribution in [1.82, 2.24) is 25.0 Å². The molecule has 2 rings (SSSR count). The van der Waals surface area contributed by atoms with Crippen LogP contribution in [0.1, 0.15) is 11.4 Å². The number of rotatable bonds is 6. The van der Waals surface area contributed by atoms with E-state index in [9.17, 15) is 8.42 Å². The van der Waals surface area contributed by atoms with Crippen molar-refractivity contribution in [2.45, 2.75) is 17.9 Å². The lowest BCUT2D eigenvalue weighted by molar-refractivity contribution is 0.449. The van der Waals surface area contributed by atoms with Crippen LogP contribution in [0.3, 0.4) is 0 Å². The molecule has 0 aliphatic rings. The summed E-state index contributed by atoms with van der Waals surface area (Å²) in [5.74, 6) is 1.61. The van der Waals surface area contributed by atoms with Gasteiger partial charge < -0.3 is 10.2 Å². The lowest BCUT2D eigenvalue weighted by Gasteiger charge is -2.21. The van der Waals surface area contributed by atoms with Gasteiger partial charge in [0.1, 0.15) is 12.2 Å². The molecule has 0 amide bonds. The van der Waals surface area contributed by atoms with E-state index in [1.54, 1.807) is 23.9 Å². The summed E-state index contributed by atoms with van der Waals surface area (Å²) >= 11 is 0. The first-order valence-electron chi connectivity index (χ1n) is 7.85. The highest BCUT2D eigenvalue weighted by Crippen LogP contribution is 2.10. The van der Waals surface area contributed by atoms with E-state index in [4.69, 9.17) is 0 Å². The van der Waals surface area contributed by atoms with E-state index in [0.29, 0.717) is 18.0 Å². The molecule has 136 valence electrons. The number of nitrogens with one attached hydrogen (secondary N) is 1. The van der Waals surface area contributed by atoms with Crippen LogP contribution in [0.4, 0.5) is 0 Å². The number of benzene rings is 1. The molecule has 0 fully saturated rings. The minimum atomic E-state index is -3.15. The van der Waals surface area contributed by atoms with E-state index >= 15 is 0 Å². The molecule has 1 aromatic carbocycles. The maximum absolute atomic E-state index is 11.5. The molecule has 0 unspecified atom stereocenters. The molecular weight excluding hydrogens is 340 g/mol. The fraction of sp³-hybridized carbons (Fsp3) is 0.438. The van der Waals surface area contributed by atoms with Crippen LogP contribution < -0.4 is 5.32 Å². The maximum Gasteiger partial charge on any atom is 0.193 e. The Labute approximate surface area is 148 Å². The Kier molecular flexibility index (Phi) is 6.13. The van der Waals surface area contributed by atoms with Gasteiger partial charge in [0, 0.05) is 33.9 Å². The number of nitrogens with zero attached hydrogens (tertiary/aromatic N) is 5. The Morgan fingerprint density at radius 3 is 2.52 bits per heavy atom. The fourth-order valence-electron chi connectivity index (χ4n) is 2.36. The second kappa shape index (κ2) is 8.11. The summed E-state index contributed by atoms with van der Waals surface area (Å²) in [6, 6.07) is 6.95. The Hall–Kier alpha value is -2.42. The van der Waals surface area contributed by atoms with E-state index < -0.39 is 9.84 Å². The Bertz CT molecular complexity index is 827. The van der Waals surface area contributed by atoms with Gasteiger partial charge in [-0.15, -0.1) is 0 Å². The highest BCUT2D eigenvalue weighted by atomic mass is 32.2. The summed E-state index contributed by atoms with van der Waals surface area (Å²) < 4.78 is 24.7. The van der Waals surface area contributed by atoms with Crippen LogP contribution in [0, 0.1) is 0 Å². The molecular formula is C16H24N6O2S. The first-order valence-corrected chi connectivity index (χ1v) is 9.74. The molecule has 0 saturated heterocycles. The van der Waals surface area contributed by atoms with Crippen molar-refractivity contribution in [2.24, 2.45) is 12.0 Å². The standard InChI is InChI=1S/C16H24N6O2S/c1-17-16(21(2)11-15-19-12-20-22(15)3)18-10-9-13-5-7-14(8-6-13)25(4,23)24/h5-8,12H,9-11H2,1-4H3,(H,17,18). The van der Waals surface area contributed by atoms with Crippen molar-refractivity contribution in [3.8, 4) is 0 Å². The van der Waals surface area contributed by atoms with Gasteiger partial charge in [-0.1, -0.05) is 12.1 Å². The lowest BCUT2D eigenvalue weighted by Crippen LogP contribution is -2.39. The third kappa shape index (κ3) is 5.28.